The number of sulfonamides is 1. The minimum atomic E-state index is -3.14. The van der Waals surface area contributed by atoms with Crippen LogP contribution in [0.15, 0.2) is 0 Å². The van der Waals surface area contributed by atoms with Gasteiger partial charge in [0.05, 0.1) is 12.8 Å². The molecule has 0 aromatic carbocycles. The second-order valence-electron chi connectivity index (χ2n) is 6.04. The third kappa shape index (κ3) is 6.67. The average molecular weight is 305 g/mol. The number of likely N-dealkylation sites (tertiary alicyclic amines) is 1. The van der Waals surface area contributed by atoms with Gasteiger partial charge in [-0.1, -0.05) is 13.8 Å². The Labute approximate surface area is 122 Å². The lowest BCUT2D eigenvalue weighted by molar-refractivity contribution is -0.123. The van der Waals surface area contributed by atoms with E-state index in [2.05, 4.69) is 28.8 Å². The zero-order valence-electron chi connectivity index (χ0n) is 12.8. The topological polar surface area (TPSA) is 78.5 Å². The van der Waals surface area contributed by atoms with Crippen molar-refractivity contribution in [3.63, 3.8) is 0 Å². The van der Waals surface area contributed by atoms with Crippen molar-refractivity contribution in [3.05, 3.63) is 0 Å². The van der Waals surface area contributed by atoms with Gasteiger partial charge in [0.1, 0.15) is 0 Å². The highest BCUT2D eigenvalue weighted by Gasteiger charge is 2.23. The minimum Gasteiger partial charge on any atom is -0.352 e. The largest absolute Gasteiger partial charge is 0.352 e. The number of carbonyl (C=O) groups is 1. The van der Waals surface area contributed by atoms with E-state index in [0.717, 1.165) is 25.9 Å². The lowest BCUT2D eigenvalue weighted by Crippen LogP contribution is -2.48. The van der Waals surface area contributed by atoms with Gasteiger partial charge in [0.2, 0.25) is 15.9 Å². The van der Waals surface area contributed by atoms with Gasteiger partial charge >= 0.3 is 0 Å². The molecule has 1 saturated heterocycles. The lowest BCUT2D eigenvalue weighted by atomic mass is 10.1. The molecule has 6 nitrogen and oxygen atoms in total. The van der Waals surface area contributed by atoms with Crippen LogP contribution in [0.25, 0.3) is 0 Å². The number of hydrogen-bond donors (Lipinski definition) is 2. The summed E-state index contributed by atoms with van der Waals surface area (Å²) < 4.78 is 24.9. The number of carbonyl (C=O) groups excluding carboxylic acids is 1. The second-order valence-corrected chi connectivity index (χ2v) is 7.82. The predicted molar refractivity (Wildman–Crippen MR) is 79.9 cm³/mol. The summed E-state index contributed by atoms with van der Waals surface area (Å²) in [6, 6.07) is 0.172. The molecule has 1 aliphatic heterocycles. The van der Waals surface area contributed by atoms with Crippen LogP contribution >= 0.6 is 0 Å². The fourth-order valence-corrected chi connectivity index (χ4v) is 3.02. The van der Waals surface area contributed by atoms with Crippen molar-refractivity contribution >= 4 is 15.9 Å². The molecule has 0 spiro atoms. The van der Waals surface area contributed by atoms with E-state index in [1.165, 1.54) is 6.26 Å². The van der Waals surface area contributed by atoms with Crippen LogP contribution in [-0.2, 0) is 14.8 Å². The SMILES string of the molecule is CC(C)C(C)NC(=O)CN1CCC(NS(C)(=O)=O)CC1. The van der Waals surface area contributed by atoms with Crippen molar-refractivity contribution in [2.24, 2.45) is 5.92 Å². The van der Waals surface area contributed by atoms with Crippen LogP contribution in [0, 0.1) is 5.92 Å². The first kappa shape index (κ1) is 17.4. The molecular formula is C13H27N3O3S. The molecule has 1 aliphatic rings. The van der Waals surface area contributed by atoms with Crippen molar-refractivity contribution in [1.82, 2.24) is 14.9 Å². The fourth-order valence-electron chi connectivity index (χ4n) is 2.18. The lowest BCUT2D eigenvalue weighted by Gasteiger charge is -2.31. The highest BCUT2D eigenvalue weighted by molar-refractivity contribution is 7.88. The van der Waals surface area contributed by atoms with Crippen molar-refractivity contribution < 1.29 is 13.2 Å². The van der Waals surface area contributed by atoms with Crippen LogP contribution in [0.1, 0.15) is 33.6 Å². The van der Waals surface area contributed by atoms with Crippen molar-refractivity contribution in [3.8, 4) is 0 Å². The second kappa shape index (κ2) is 7.38. The van der Waals surface area contributed by atoms with Crippen LogP contribution in [0.4, 0.5) is 0 Å². The van der Waals surface area contributed by atoms with Crippen LogP contribution in [-0.4, -0.2) is 57.2 Å². The summed E-state index contributed by atoms with van der Waals surface area (Å²) in [7, 11) is -3.14. The van der Waals surface area contributed by atoms with Gasteiger partial charge < -0.3 is 5.32 Å². The molecule has 20 heavy (non-hydrogen) atoms. The Morgan fingerprint density at radius 2 is 1.80 bits per heavy atom. The van der Waals surface area contributed by atoms with Crippen LogP contribution in [0.3, 0.4) is 0 Å². The number of hydrogen-bond acceptors (Lipinski definition) is 4. The first-order chi connectivity index (χ1) is 9.17. The van der Waals surface area contributed by atoms with E-state index in [-0.39, 0.29) is 18.0 Å². The summed E-state index contributed by atoms with van der Waals surface area (Å²) in [4.78, 5) is 13.9. The molecule has 1 unspecified atom stereocenters. The van der Waals surface area contributed by atoms with Crippen LogP contribution < -0.4 is 10.0 Å². The molecular weight excluding hydrogens is 278 g/mol. The molecule has 0 aromatic heterocycles. The maximum Gasteiger partial charge on any atom is 0.234 e. The number of piperidine rings is 1. The summed E-state index contributed by atoms with van der Waals surface area (Å²) in [6.07, 6.45) is 2.68. The molecule has 0 saturated carbocycles. The molecule has 1 heterocycles. The molecule has 2 N–H and O–H groups in total. The van der Waals surface area contributed by atoms with Crippen LogP contribution in [0.2, 0.25) is 0 Å². The van der Waals surface area contributed by atoms with Gasteiger partial charge in [-0.3, -0.25) is 9.69 Å². The molecule has 0 aliphatic carbocycles. The van der Waals surface area contributed by atoms with Gasteiger partial charge in [-0.2, -0.15) is 0 Å². The number of nitrogens with one attached hydrogen (secondary N) is 2. The highest BCUT2D eigenvalue weighted by atomic mass is 32.2. The van der Waals surface area contributed by atoms with E-state index in [1.54, 1.807) is 0 Å². The standard InChI is InChI=1S/C13H27N3O3S/c1-10(2)11(3)14-13(17)9-16-7-5-12(6-8-16)15-20(4,18)19/h10-12,15H,5-9H2,1-4H3,(H,14,17). The van der Waals surface area contributed by atoms with Crippen molar-refractivity contribution in [2.75, 3.05) is 25.9 Å². The molecule has 0 bridgehead atoms. The zero-order chi connectivity index (χ0) is 15.3. The normalized spacial score (nSPS) is 20.1. The summed E-state index contributed by atoms with van der Waals surface area (Å²) in [6.45, 7) is 8.04. The van der Waals surface area contributed by atoms with Gasteiger partial charge in [-0.25, -0.2) is 13.1 Å². The van der Waals surface area contributed by atoms with E-state index in [0.29, 0.717) is 12.5 Å². The Morgan fingerprint density at radius 1 is 1.25 bits per heavy atom. The maximum atomic E-state index is 11.9. The minimum absolute atomic E-state index is 0.00102. The van der Waals surface area contributed by atoms with E-state index in [1.807, 2.05) is 6.92 Å². The first-order valence-corrected chi connectivity index (χ1v) is 9.05. The highest BCUT2D eigenvalue weighted by Crippen LogP contribution is 2.10. The van der Waals surface area contributed by atoms with Gasteiger partial charge in [-0.15, -0.1) is 0 Å². The zero-order valence-corrected chi connectivity index (χ0v) is 13.7. The van der Waals surface area contributed by atoms with Crippen LogP contribution in [0.5, 0.6) is 0 Å². The number of rotatable bonds is 6. The molecule has 1 amide bonds. The molecule has 118 valence electrons. The molecule has 7 heteroatoms. The number of nitrogens with zero attached hydrogens (tertiary/aromatic N) is 1. The molecule has 0 radical (unpaired) electrons. The van der Waals surface area contributed by atoms with E-state index in [4.69, 9.17) is 0 Å². The Balaban J connectivity index is 2.30. The predicted octanol–water partition coefficient (Wildman–Crippen LogP) is 0.161. The number of amides is 1. The fraction of sp³-hybridized carbons (Fsp3) is 0.923. The first-order valence-electron chi connectivity index (χ1n) is 7.16. The van der Waals surface area contributed by atoms with E-state index < -0.39 is 10.0 Å². The Bertz CT molecular complexity index is 415. The monoisotopic (exact) mass is 305 g/mol. The van der Waals surface area contributed by atoms with Gasteiger partial charge in [0.15, 0.2) is 0 Å². The van der Waals surface area contributed by atoms with E-state index in [9.17, 15) is 13.2 Å². The molecule has 1 atom stereocenters. The smallest absolute Gasteiger partial charge is 0.234 e. The van der Waals surface area contributed by atoms with Crippen molar-refractivity contribution in [2.45, 2.75) is 45.7 Å². The quantitative estimate of drug-likeness (QED) is 0.733. The molecule has 0 aromatic rings. The van der Waals surface area contributed by atoms with Gasteiger partial charge in [0, 0.05) is 25.2 Å². The molecule has 1 fully saturated rings. The third-order valence-corrected chi connectivity index (χ3v) is 4.49. The maximum absolute atomic E-state index is 11.9. The van der Waals surface area contributed by atoms with Crippen molar-refractivity contribution in [1.29, 1.82) is 0 Å². The Hall–Kier alpha value is -0.660. The Morgan fingerprint density at radius 3 is 2.25 bits per heavy atom. The summed E-state index contributed by atoms with van der Waals surface area (Å²) >= 11 is 0. The average Bonchev–Trinajstić information content (AvgIpc) is 2.29. The molecule has 1 rings (SSSR count). The van der Waals surface area contributed by atoms with E-state index >= 15 is 0 Å². The Kier molecular flexibility index (Phi) is 6.42. The summed E-state index contributed by atoms with van der Waals surface area (Å²) in [5, 5.41) is 2.98. The summed E-state index contributed by atoms with van der Waals surface area (Å²) in [5.41, 5.74) is 0. The van der Waals surface area contributed by atoms with Gasteiger partial charge in [0.25, 0.3) is 0 Å². The third-order valence-electron chi connectivity index (χ3n) is 3.72. The summed E-state index contributed by atoms with van der Waals surface area (Å²) in [5.74, 6) is 0.462. The van der Waals surface area contributed by atoms with Gasteiger partial charge in [-0.05, 0) is 25.7 Å².